The highest BCUT2D eigenvalue weighted by Gasteiger charge is 2.29. The topological polar surface area (TPSA) is 221 Å². The Bertz CT molecular complexity index is 929. The predicted molar refractivity (Wildman–Crippen MR) is 138 cm³/mol. The van der Waals surface area contributed by atoms with Crippen LogP contribution in [0.15, 0.2) is 29.3 Å². The van der Waals surface area contributed by atoms with Crippen molar-refractivity contribution in [3.8, 4) is 0 Å². The van der Waals surface area contributed by atoms with Gasteiger partial charge in [0, 0.05) is 24.4 Å². The van der Waals surface area contributed by atoms with Crippen LogP contribution in [-0.4, -0.2) is 53.3 Å². The summed E-state index contributed by atoms with van der Waals surface area (Å²) in [5, 5.41) is 18.9. The number of nitro groups is 1. The minimum absolute atomic E-state index is 0.0746. The van der Waals surface area contributed by atoms with Gasteiger partial charge in [-0.3, -0.25) is 29.5 Å². The minimum Gasteiger partial charge on any atom is -0.370 e. The lowest BCUT2D eigenvalue weighted by molar-refractivity contribution is -0.384. The highest BCUT2D eigenvalue weighted by atomic mass is 16.6. The molecule has 0 radical (unpaired) electrons. The maximum atomic E-state index is 13.1. The molecule has 1 aromatic carbocycles. The first-order valence-electron chi connectivity index (χ1n) is 11.8. The van der Waals surface area contributed by atoms with Gasteiger partial charge in [0.15, 0.2) is 5.96 Å². The summed E-state index contributed by atoms with van der Waals surface area (Å²) in [6.45, 7) is 7.66. The molecule has 0 aliphatic heterocycles. The monoisotopic (exact) mass is 506 g/mol. The van der Waals surface area contributed by atoms with E-state index in [1.807, 2.05) is 13.8 Å². The van der Waals surface area contributed by atoms with E-state index < -0.39 is 40.8 Å². The zero-order chi connectivity index (χ0) is 27.4. The van der Waals surface area contributed by atoms with Crippen LogP contribution in [0.3, 0.4) is 0 Å². The molecular formula is C23H38N8O5. The summed E-state index contributed by atoms with van der Waals surface area (Å²) in [5.41, 5.74) is 16.8. The van der Waals surface area contributed by atoms with Crippen molar-refractivity contribution in [3.05, 3.63) is 34.4 Å². The quantitative estimate of drug-likeness (QED) is 0.0687. The number of aliphatic imine (C=N–C) groups is 1. The Morgan fingerprint density at radius 1 is 0.972 bits per heavy atom. The van der Waals surface area contributed by atoms with Crippen LogP contribution in [-0.2, 0) is 14.4 Å². The van der Waals surface area contributed by atoms with E-state index in [1.54, 1.807) is 13.8 Å². The molecule has 0 aromatic heterocycles. The van der Waals surface area contributed by atoms with Crippen molar-refractivity contribution in [1.82, 2.24) is 10.6 Å². The van der Waals surface area contributed by atoms with Crippen molar-refractivity contribution in [2.45, 2.75) is 65.1 Å². The molecule has 0 aliphatic rings. The molecule has 0 unspecified atom stereocenters. The Morgan fingerprint density at radius 3 is 2.06 bits per heavy atom. The highest BCUT2D eigenvalue weighted by molar-refractivity contribution is 5.98. The number of rotatable bonds is 14. The summed E-state index contributed by atoms with van der Waals surface area (Å²) in [4.78, 5) is 52.9. The SMILES string of the molecule is CC(C)C[C@H](NC(=O)[C@H](N)C(C)C)C(=O)N[C@H](CCCN=C(N)N)C(=O)Nc1ccc([N+](=O)[O-])cc1. The molecule has 0 spiro atoms. The zero-order valence-corrected chi connectivity index (χ0v) is 21.2. The van der Waals surface area contributed by atoms with Gasteiger partial charge in [-0.05, 0) is 43.2 Å². The molecule has 13 nitrogen and oxygen atoms in total. The van der Waals surface area contributed by atoms with Gasteiger partial charge >= 0.3 is 0 Å². The molecule has 0 fully saturated rings. The van der Waals surface area contributed by atoms with Crippen LogP contribution < -0.4 is 33.2 Å². The van der Waals surface area contributed by atoms with Crippen LogP contribution in [0.1, 0.15) is 47.0 Å². The first kappa shape index (κ1) is 30.3. The Balaban J connectivity index is 3.03. The van der Waals surface area contributed by atoms with E-state index in [0.29, 0.717) is 18.5 Å². The number of hydrogen-bond acceptors (Lipinski definition) is 7. The molecule has 1 rings (SSSR count). The summed E-state index contributed by atoms with van der Waals surface area (Å²) < 4.78 is 0. The molecule has 0 heterocycles. The van der Waals surface area contributed by atoms with Gasteiger partial charge in [-0.1, -0.05) is 27.7 Å². The lowest BCUT2D eigenvalue weighted by Gasteiger charge is -2.26. The summed E-state index contributed by atoms with van der Waals surface area (Å²) in [6.07, 6.45) is 0.929. The lowest BCUT2D eigenvalue weighted by Crippen LogP contribution is -2.56. The number of benzene rings is 1. The molecule has 3 amide bonds. The van der Waals surface area contributed by atoms with Gasteiger partial charge in [-0.15, -0.1) is 0 Å². The molecule has 9 N–H and O–H groups in total. The van der Waals surface area contributed by atoms with Gasteiger partial charge in [-0.2, -0.15) is 0 Å². The van der Waals surface area contributed by atoms with Crippen molar-refractivity contribution < 1.29 is 19.3 Å². The maximum Gasteiger partial charge on any atom is 0.269 e. The van der Waals surface area contributed by atoms with E-state index in [9.17, 15) is 24.5 Å². The summed E-state index contributed by atoms with van der Waals surface area (Å²) in [5.74, 6) is -1.65. The van der Waals surface area contributed by atoms with Crippen LogP contribution in [0.5, 0.6) is 0 Å². The van der Waals surface area contributed by atoms with Crippen molar-refractivity contribution >= 4 is 35.1 Å². The molecule has 36 heavy (non-hydrogen) atoms. The summed E-state index contributed by atoms with van der Waals surface area (Å²) in [7, 11) is 0. The number of nitrogens with two attached hydrogens (primary N) is 3. The van der Waals surface area contributed by atoms with E-state index in [-0.39, 0.29) is 36.4 Å². The molecule has 1 aromatic rings. The number of hydrogen-bond donors (Lipinski definition) is 6. The van der Waals surface area contributed by atoms with Gasteiger partial charge in [-0.25, -0.2) is 0 Å². The summed E-state index contributed by atoms with van der Waals surface area (Å²) >= 11 is 0. The molecule has 13 heteroatoms. The Morgan fingerprint density at radius 2 is 1.56 bits per heavy atom. The normalized spacial score (nSPS) is 13.4. The highest BCUT2D eigenvalue weighted by Crippen LogP contribution is 2.16. The molecule has 200 valence electrons. The third-order valence-electron chi connectivity index (χ3n) is 5.29. The average molecular weight is 507 g/mol. The van der Waals surface area contributed by atoms with Crippen LogP contribution in [0.25, 0.3) is 0 Å². The van der Waals surface area contributed by atoms with Crippen LogP contribution in [0, 0.1) is 22.0 Å². The fourth-order valence-corrected chi connectivity index (χ4v) is 3.21. The van der Waals surface area contributed by atoms with Gasteiger partial charge in [0.2, 0.25) is 17.7 Å². The van der Waals surface area contributed by atoms with E-state index in [2.05, 4.69) is 20.9 Å². The fourth-order valence-electron chi connectivity index (χ4n) is 3.21. The standard InChI is InChI=1S/C23H38N8O5/c1-13(2)12-18(30-22(34)19(24)14(3)4)21(33)29-17(6-5-11-27-23(25)26)20(32)28-15-7-9-16(10-8-15)31(35)36/h7-10,13-14,17-19H,5-6,11-12,24H2,1-4H3,(H,28,32)(H,29,33)(H,30,34)(H4,25,26,27)/t17-,18+,19-/m1/s1. The number of nitrogens with one attached hydrogen (secondary N) is 3. The third kappa shape index (κ3) is 10.7. The van der Waals surface area contributed by atoms with Gasteiger partial charge < -0.3 is 33.2 Å². The first-order valence-corrected chi connectivity index (χ1v) is 11.8. The predicted octanol–water partition coefficient (Wildman–Crippen LogP) is 0.586. The van der Waals surface area contributed by atoms with Crippen LogP contribution in [0.4, 0.5) is 11.4 Å². The van der Waals surface area contributed by atoms with Gasteiger partial charge in [0.1, 0.15) is 12.1 Å². The molecule has 0 saturated heterocycles. The number of nitrogens with zero attached hydrogens (tertiary/aromatic N) is 2. The van der Waals surface area contributed by atoms with Crippen LogP contribution >= 0.6 is 0 Å². The smallest absolute Gasteiger partial charge is 0.269 e. The summed E-state index contributed by atoms with van der Waals surface area (Å²) in [6, 6.07) is 2.64. The first-order chi connectivity index (χ1) is 16.8. The van der Waals surface area contributed by atoms with Crippen molar-refractivity contribution in [3.63, 3.8) is 0 Å². The minimum atomic E-state index is -0.979. The Kier molecular flexibility index (Phi) is 12.3. The number of non-ortho nitro benzene ring substituents is 1. The maximum absolute atomic E-state index is 13.1. The number of anilines is 1. The Hall–Kier alpha value is -3.74. The molecular weight excluding hydrogens is 468 g/mol. The third-order valence-corrected chi connectivity index (χ3v) is 5.29. The van der Waals surface area contributed by atoms with Gasteiger partial charge in [0.25, 0.3) is 5.69 Å². The number of amides is 3. The van der Waals surface area contributed by atoms with E-state index >= 15 is 0 Å². The molecule has 0 aliphatic carbocycles. The van der Waals surface area contributed by atoms with Gasteiger partial charge in [0.05, 0.1) is 11.0 Å². The number of guanidine groups is 1. The van der Waals surface area contributed by atoms with Crippen molar-refractivity contribution in [1.29, 1.82) is 0 Å². The molecule has 3 atom stereocenters. The fraction of sp³-hybridized carbons (Fsp3) is 0.565. The number of nitro benzene ring substituents is 1. The van der Waals surface area contributed by atoms with E-state index in [4.69, 9.17) is 17.2 Å². The van der Waals surface area contributed by atoms with E-state index in [0.717, 1.165) is 0 Å². The lowest BCUT2D eigenvalue weighted by atomic mass is 10.00. The second-order valence-corrected chi connectivity index (χ2v) is 9.26. The number of carbonyl (C=O) groups is 3. The Labute approximate surface area is 210 Å². The molecule has 0 saturated carbocycles. The van der Waals surface area contributed by atoms with Crippen molar-refractivity contribution in [2.24, 2.45) is 34.0 Å². The number of carbonyl (C=O) groups excluding carboxylic acids is 3. The second-order valence-electron chi connectivity index (χ2n) is 9.26. The van der Waals surface area contributed by atoms with Crippen molar-refractivity contribution in [2.75, 3.05) is 11.9 Å². The largest absolute Gasteiger partial charge is 0.370 e. The zero-order valence-electron chi connectivity index (χ0n) is 21.2. The van der Waals surface area contributed by atoms with Crippen LogP contribution in [0.2, 0.25) is 0 Å². The average Bonchev–Trinajstić information content (AvgIpc) is 2.79. The molecule has 0 bridgehead atoms. The van der Waals surface area contributed by atoms with E-state index in [1.165, 1.54) is 24.3 Å². The second kappa shape index (κ2) is 14.6.